The van der Waals surface area contributed by atoms with Gasteiger partial charge < -0.3 is 5.32 Å². The lowest BCUT2D eigenvalue weighted by Gasteiger charge is -2.31. The quantitative estimate of drug-likeness (QED) is 0.439. The summed E-state index contributed by atoms with van der Waals surface area (Å²) in [5.41, 5.74) is 5.41. The van der Waals surface area contributed by atoms with E-state index in [1.165, 1.54) is 39.2 Å². The highest BCUT2D eigenvalue weighted by molar-refractivity contribution is 7.13. The van der Waals surface area contributed by atoms with Crippen LogP contribution in [-0.2, 0) is 11.2 Å². The van der Waals surface area contributed by atoms with Crippen molar-refractivity contribution in [2.24, 2.45) is 5.41 Å². The van der Waals surface area contributed by atoms with Crippen LogP contribution >= 0.6 is 11.3 Å². The highest BCUT2D eigenvalue weighted by atomic mass is 32.1. The summed E-state index contributed by atoms with van der Waals surface area (Å²) in [6.45, 7) is 2.08. The van der Waals surface area contributed by atoms with Crippen molar-refractivity contribution >= 4 is 22.4 Å². The molecule has 1 aliphatic carbocycles. The minimum Gasteiger partial charge on any atom is -0.301 e. The molecule has 1 aromatic heterocycles. The smallest absolute Gasteiger partial charge is 0.233 e. The summed E-state index contributed by atoms with van der Waals surface area (Å²) in [5, 5.41) is 5.58. The van der Waals surface area contributed by atoms with Crippen molar-refractivity contribution in [1.29, 1.82) is 0 Å². The highest BCUT2D eigenvalue weighted by Gasteiger charge is 2.48. The second-order valence-electron chi connectivity index (χ2n) is 8.01. The summed E-state index contributed by atoms with van der Waals surface area (Å²) >= 11 is 1.45. The standard InChI is InChI=1S/C26H22N2OS/c1-26(24(29)28-25-27-14-15-30-25)17-21-13-12-20(18-8-4-2-5-9-18)16-22(21)23(26)19-10-6-3-7-11-19/h2-16,23H,17H2,1H3,(H,27,28,29)/t23-,26+/m1/s1. The van der Waals surface area contributed by atoms with E-state index in [1.54, 1.807) is 6.20 Å². The zero-order chi connectivity index (χ0) is 20.6. The van der Waals surface area contributed by atoms with Gasteiger partial charge in [0.2, 0.25) is 5.91 Å². The number of aromatic nitrogens is 1. The molecule has 0 saturated carbocycles. The molecule has 0 bridgehead atoms. The van der Waals surface area contributed by atoms with Gasteiger partial charge in [-0.25, -0.2) is 4.98 Å². The van der Waals surface area contributed by atoms with Crippen LogP contribution in [0.15, 0.2) is 90.4 Å². The van der Waals surface area contributed by atoms with Crippen LogP contribution in [0.25, 0.3) is 11.1 Å². The molecule has 1 N–H and O–H groups in total. The first-order chi connectivity index (χ1) is 14.6. The van der Waals surface area contributed by atoms with Crippen LogP contribution in [0, 0.1) is 5.41 Å². The van der Waals surface area contributed by atoms with E-state index in [2.05, 4.69) is 71.8 Å². The largest absolute Gasteiger partial charge is 0.301 e. The lowest BCUT2D eigenvalue weighted by molar-refractivity contribution is -0.125. The molecule has 4 heteroatoms. The molecule has 0 radical (unpaired) electrons. The van der Waals surface area contributed by atoms with Crippen LogP contribution in [0.4, 0.5) is 5.13 Å². The van der Waals surface area contributed by atoms with Crippen LogP contribution in [0.5, 0.6) is 0 Å². The molecule has 0 aliphatic heterocycles. The molecule has 30 heavy (non-hydrogen) atoms. The second-order valence-corrected chi connectivity index (χ2v) is 8.90. The van der Waals surface area contributed by atoms with Crippen molar-refractivity contribution < 1.29 is 4.79 Å². The van der Waals surface area contributed by atoms with Crippen molar-refractivity contribution in [3.63, 3.8) is 0 Å². The summed E-state index contributed by atoms with van der Waals surface area (Å²) in [7, 11) is 0. The first-order valence-electron chi connectivity index (χ1n) is 10.1. The fraction of sp³-hybridized carbons (Fsp3) is 0.154. The number of rotatable bonds is 4. The normalized spacial score (nSPS) is 20.0. The fourth-order valence-electron chi connectivity index (χ4n) is 4.61. The van der Waals surface area contributed by atoms with E-state index in [4.69, 9.17) is 0 Å². The lowest BCUT2D eigenvalue weighted by Crippen LogP contribution is -2.37. The molecule has 3 aromatic carbocycles. The van der Waals surface area contributed by atoms with E-state index >= 15 is 0 Å². The topological polar surface area (TPSA) is 42.0 Å². The Bertz CT molecular complexity index is 1170. The average Bonchev–Trinajstić information content (AvgIpc) is 3.40. The summed E-state index contributed by atoms with van der Waals surface area (Å²) in [6.07, 6.45) is 2.42. The highest BCUT2D eigenvalue weighted by Crippen LogP contribution is 2.52. The van der Waals surface area contributed by atoms with E-state index in [0.29, 0.717) is 11.6 Å². The molecule has 1 amide bonds. The average molecular weight is 411 g/mol. The van der Waals surface area contributed by atoms with E-state index in [9.17, 15) is 4.79 Å². The number of hydrogen-bond donors (Lipinski definition) is 1. The Morgan fingerprint density at radius 3 is 2.43 bits per heavy atom. The summed E-state index contributed by atoms with van der Waals surface area (Å²) in [4.78, 5) is 17.7. The van der Waals surface area contributed by atoms with Crippen molar-refractivity contribution in [2.45, 2.75) is 19.3 Å². The number of benzene rings is 3. The number of amides is 1. The van der Waals surface area contributed by atoms with Gasteiger partial charge in [0.05, 0.1) is 5.41 Å². The second kappa shape index (κ2) is 7.54. The van der Waals surface area contributed by atoms with Crippen LogP contribution in [0.1, 0.15) is 29.5 Å². The van der Waals surface area contributed by atoms with Gasteiger partial charge >= 0.3 is 0 Å². The molecular weight excluding hydrogens is 388 g/mol. The van der Waals surface area contributed by atoms with Crippen LogP contribution in [0.2, 0.25) is 0 Å². The number of hydrogen-bond acceptors (Lipinski definition) is 3. The third-order valence-corrected chi connectivity index (χ3v) is 6.75. The van der Waals surface area contributed by atoms with Gasteiger partial charge in [-0.3, -0.25) is 4.79 Å². The Kier molecular flexibility index (Phi) is 4.72. The zero-order valence-electron chi connectivity index (χ0n) is 16.7. The molecule has 4 aromatic rings. The SMILES string of the molecule is C[C@]1(C(=O)Nc2nccs2)Cc2ccc(-c3ccccc3)cc2[C@H]1c1ccccc1. The number of thiazole rings is 1. The van der Waals surface area contributed by atoms with Gasteiger partial charge in [0.1, 0.15) is 0 Å². The third kappa shape index (κ3) is 3.23. The first kappa shape index (κ1) is 18.8. The van der Waals surface area contributed by atoms with E-state index < -0.39 is 5.41 Å². The van der Waals surface area contributed by atoms with Gasteiger partial charge in [0, 0.05) is 17.5 Å². The van der Waals surface area contributed by atoms with Crippen molar-refractivity contribution in [3.8, 4) is 11.1 Å². The Morgan fingerprint density at radius 2 is 1.73 bits per heavy atom. The number of fused-ring (bicyclic) bond motifs is 1. The maximum Gasteiger partial charge on any atom is 0.233 e. The van der Waals surface area contributed by atoms with Gasteiger partial charge in [-0.15, -0.1) is 11.3 Å². The van der Waals surface area contributed by atoms with Gasteiger partial charge in [-0.05, 0) is 41.2 Å². The molecule has 1 aliphatic rings. The molecule has 2 atom stereocenters. The van der Waals surface area contributed by atoms with Crippen LogP contribution in [-0.4, -0.2) is 10.9 Å². The Balaban J connectivity index is 1.60. The molecule has 148 valence electrons. The molecular formula is C26H22N2OS. The Labute approximate surface area is 180 Å². The Hall–Kier alpha value is -3.24. The predicted molar refractivity (Wildman–Crippen MR) is 123 cm³/mol. The minimum absolute atomic E-state index is 0.0164. The number of nitrogens with one attached hydrogen (secondary N) is 1. The van der Waals surface area contributed by atoms with Gasteiger partial charge in [-0.1, -0.05) is 78.9 Å². The van der Waals surface area contributed by atoms with Crippen LogP contribution < -0.4 is 5.32 Å². The van der Waals surface area contributed by atoms with Crippen molar-refractivity contribution in [1.82, 2.24) is 4.98 Å². The molecule has 3 nitrogen and oxygen atoms in total. The number of nitrogens with zero attached hydrogens (tertiary/aromatic N) is 1. The van der Waals surface area contributed by atoms with Crippen molar-refractivity contribution in [2.75, 3.05) is 5.32 Å². The van der Waals surface area contributed by atoms with Gasteiger partial charge in [-0.2, -0.15) is 0 Å². The zero-order valence-corrected chi connectivity index (χ0v) is 17.5. The molecule has 0 spiro atoms. The van der Waals surface area contributed by atoms with Crippen molar-refractivity contribution in [3.05, 3.63) is 107 Å². The molecule has 1 heterocycles. The van der Waals surface area contributed by atoms with E-state index in [1.807, 2.05) is 29.6 Å². The first-order valence-corrected chi connectivity index (χ1v) is 11.0. The summed E-state index contributed by atoms with van der Waals surface area (Å²) in [6, 6.07) is 27.4. The molecule has 5 rings (SSSR count). The molecule has 0 unspecified atom stereocenters. The summed E-state index contributed by atoms with van der Waals surface area (Å²) in [5.74, 6) is 0.00101. The lowest BCUT2D eigenvalue weighted by atomic mass is 9.73. The fourth-order valence-corrected chi connectivity index (χ4v) is 5.13. The van der Waals surface area contributed by atoms with E-state index in [-0.39, 0.29) is 11.8 Å². The van der Waals surface area contributed by atoms with Gasteiger partial charge in [0.25, 0.3) is 0 Å². The minimum atomic E-state index is -0.593. The molecule has 0 saturated heterocycles. The van der Waals surface area contributed by atoms with E-state index in [0.717, 1.165) is 0 Å². The maximum atomic E-state index is 13.5. The third-order valence-electron chi connectivity index (χ3n) is 6.06. The number of anilines is 1. The van der Waals surface area contributed by atoms with Crippen LogP contribution in [0.3, 0.4) is 0 Å². The number of carbonyl (C=O) groups is 1. The Morgan fingerprint density at radius 1 is 1.00 bits per heavy atom. The monoisotopic (exact) mass is 410 g/mol. The summed E-state index contributed by atoms with van der Waals surface area (Å²) < 4.78 is 0. The van der Waals surface area contributed by atoms with Gasteiger partial charge in [0.15, 0.2) is 5.13 Å². The number of carbonyl (C=O) groups excluding carboxylic acids is 1. The maximum absolute atomic E-state index is 13.5. The molecule has 0 fully saturated rings. The predicted octanol–water partition coefficient (Wildman–Crippen LogP) is 6.14.